The number of benzene rings is 1. The summed E-state index contributed by atoms with van der Waals surface area (Å²) in [5.41, 5.74) is 6.48. The van der Waals surface area contributed by atoms with Crippen molar-refractivity contribution in [3.63, 3.8) is 0 Å². The molecule has 18 heavy (non-hydrogen) atoms. The molecule has 0 aliphatic carbocycles. The van der Waals surface area contributed by atoms with E-state index in [-0.39, 0.29) is 18.2 Å². The number of halogens is 2. The molecule has 0 aliphatic rings. The number of rotatable bonds is 3. The number of ether oxygens (including phenoxy) is 1. The fraction of sp³-hybridized carbons (Fsp3) is 0.167. The Bertz CT molecular complexity index is 577. The van der Waals surface area contributed by atoms with Gasteiger partial charge in [0.05, 0.1) is 10.2 Å². The second-order valence-electron chi connectivity index (χ2n) is 3.63. The van der Waals surface area contributed by atoms with Gasteiger partial charge in [-0.05, 0) is 28.1 Å². The number of hydrogen-bond donors (Lipinski definition) is 1. The van der Waals surface area contributed by atoms with Crippen molar-refractivity contribution in [2.75, 3.05) is 12.8 Å². The Kier molecular flexibility index (Phi) is 3.88. The molecule has 0 saturated heterocycles. The molecule has 0 atom stereocenters. The first-order valence-electron chi connectivity index (χ1n) is 5.18. The Hall–Kier alpha value is -1.53. The van der Waals surface area contributed by atoms with E-state index >= 15 is 0 Å². The number of nitrogens with two attached hydrogens (primary N) is 1. The first kappa shape index (κ1) is 12.9. The maximum atomic E-state index is 14.0. The van der Waals surface area contributed by atoms with Crippen LogP contribution in [-0.4, -0.2) is 17.1 Å². The lowest BCUT2D eigenvalue weighted by atomic mass is 10.1. The maximum Gasteiger partial charge on any atom is 0.157 e. The Morgan fingerprint density at radius 1 is 1.39 bits per heavy atom. The molecule has 0 radical (unpaired) electrons. The van der Waals surface area contributed by atoms with Crippen LogP contribution in [0.15, 0.2) is 28.7 Å². The van der Waals surface area contributed by atoms with Gasteiger partial charge in [-0.2, -0.15) is 0 Å². The number of hydrogen-bond acceptors (Lipinski definition) is 4. The lowest BCUT2D eigenvalue weighted by Crippen LogP contribution is -2.03. The molecule has 0 fully saturated rings. The lowest BCUT2D eigenvalue weighted by molar-refractivity contribution is 0.178. The summed E-state index contributed by atoms with van der Waals surface area (Å²) in [5, 5.41) is 0. The largest absolute Gasteiger partial charge is 0.384 e. The van der Waals surface area contributed by atoms with E-state index in [2.05, 4.69) is 25.9 Å². The first-order chi connectivity index (χ1) is 8.61. The van der Waals surface area contributed by atoms with Crippen LogP contribution in [0.4, 0.5) is 10.2 Å². The molecule has 94 valence electrons. The molecule has 2 aromatic rings. The highest BCUT2D eigenvalue weighted by molar-refractivity contribution is 9.10. The zero-order chi connectivity index (χ0) is 13.1. The molecule has 4 nitrogen and oxygen atoms in total. The van der Waals surface area contributed by atoms with Crippen molar-refractivity contribution in [3.05, 3.63) is 40.4 Å². The zero-order valence-corrected chi connectivity index (χ0v) is 11.2. The smallest absolute Gasteiger partial charge is 0.157 e. The van der Waals surface area contributed by atoms with Gasteiger partial charge in [0.25, 0.3) is 0 Å². The number of nitrogens with zero attached hydrogens (tertiary/aromatic N) is 2. The number of nitrogen functional groups attached to an aromatic ring is 1. The van der Waals surface area contributed by atoms with Gasteiger partial charge in [-0.3, -0.25) is 0 Å². The van der Waals surface area contributed by atoms with E-state index in [9.17, 15) is 4.39 Å². The van der Waals surface area contributed by atoms with Gasteiger partial charge in [0, 0.05) is 18.7 Å². The van der Waals surface area contributed by atoms with Gasteiger partial charge in [-0.25, -0.2) is 14.4 Å². The third kappa shape index (κ3) is 2.65. The molecule has 1 aromatic heterocycles. The van der Waals surface area contributed by atoms with E-state index in [1.54, 1.807) is 18.2 Å². The van der Waals surface area contributed by atoms with Gasteiger partial charge in [0.15, 0.2) is 5.82 Å². The zero-order valence-electron chi connectivity index (χ0n) is 9.65. The van der Waals surface area contributed by atoms with E-state index in [1.807, 2.05) is 0 Å². The minimum absolute atomic E-state index is 0.230. The van der Waals surface area contributed by atoms with E-state index in [0.717, 1.165) is 0 Å². The second-order valence-corrected chi connectivity index (χ2v) is 4.48. The maximum absolute atomic E-state index is 14.0. The fourth-order valence-corrected chi connectivity index (χ4v) is 1.92. The summed E-state index contributed by atoms with van der Waals surface area (Å²) >= 11 is 3.14. The highest BCUT2D eigenvalue weighted by atomic mass is 79.9. The Labute approximate surface area is 112 Å². The van der Waals surface area contributed by atoms with Crippen molar-refractivity contribution in [3.8, 4) is 11.3 Å². The Morgan fingerprint density at radius 2 is 2.17 bits per heavy atom. The van der Waals surface area contributed by atoms with Crippen molar-refractivity contribution in [2.45, 2.75) is 6.61 Å². The van der Waals surface area contributed by atoms with Gasteiger partial charge in [0.1, 0.15) is 18.2 Å². The first-order valence-corrected chi connectivity index (χ1v) is 5.98. The van der Waals surface area contributed by atoms with Crippen LogP contribution in [0, 0.1) is 5.82 Å². The third-order valence-corrected chi connectivity index (χ3v) is 2.91. The summed E-state index contributed by atoms with van der Waals surface area (Å²) in [7, 11) is 1.53. The molecule has 0 amide bonds. The fourth-order valence-electron chi connectivity index (χ4n) is 1.55. The Balaban J connectivity index is 2.53. The van der Waals surface area contributed by atoms with Crippen LogP contribution in [-0.2, 0) is 11.3 Å². The molecule has 0 unspecified atom stereocenters. The topological polar surface area (TPSA) is 61.0 Å². The average Bonchev–Trinajstić information content (AvgIpc) is 2.32. The quantitative estimate of drug-likeness (QED) is 0.947. The predicted octanol–water partition coefficient (Wildman–Crippen LogP) is 2.77. The lowest BCUT2D eigenvalue weighted by Gasteiger charge is -2.07. The molecular formula is C12H11BrFN3O. The standard InChI is InChI=1S/C12H11BrFN3O/c1-18-6-11-16-9(5-10(15)17-11)7-3-2-4-8(13)12(7)14/h2-5H,6H2,1H3,(H2,15,16,17). The van der Waals surface area contributed by atoms with Crippen molar-refractivity contribution < 1.29 is 9.13 Å². The molecule has 0 saturated carbocycles. The summed E-state index contributed by atoms with van der Waals surface area (Å²) in [6, 6.07) is 6.53. The van der Waals surface area contributed by atoms with Gasteiger partial charge in [-0.1, -0.05) is 6.07 Å². The average molecular weight is 312 g/mol. The molecule has 6 heteroatoms. The monoisotopic (exact) mass is 311 g/mol. The van der Waals surface area contributed by atoms with Gasteiger partial charge in [0.2, 0.25) is 0 Å². The van der Waals surface area contributed by atoms with E-state index in [1.165, 1.54) is 13.2 Å². The molecule has 1 heterocycles. The van der Waals surface area contributed by atoms with Gasteiger partial charge in [-0.15, -0.1) is 0 Å². The number of methoxy groups -OCH3 is 1. The van der Waals surface area contributed by atoms with Crippen molar-refractivity contribution in [1.82, 2.24) is 9.97 Å². The van der Waals surface area contributed by atoms with Crippen LogP contribution >= 0.6 is 15.9 Å². The minimum atomic E-state index is -0.376. The van der Waals surface area contributed by atoms with Crippen LogP contribution in [0.5, 0.6) is 0 Å². The van der Waals surface area contributed by atoms with Crippen LogP contribution in [0.2, 0.25) is 0 Å². The van der Waals surface area contributed by atoms with Crippen molar-refractivity contribution in [2.24, 2.45) is 0 Å². The number of anilines is 1. The molecule has 0 bridgehead atoms. The van der Waals surface area contributed by atoms with E-state index in [0.29, 0.717) is 21.6 Å². The van der Waals surface area contributed by atoms with Crippen LogP contribution in [0.25, 0.3) is 11.3 Å². The van der Waals surface area contributed by atoms with Gasteiger partial charge >= 0.3 is 0 Å². The van der Waals surface area contributed by atoms with Gasteiger partial charge < -0.3 is 10.5 Å². The Morgan fingerprint density at radius 3 is 2.89 bits per heavy atom. The normalized spacial score (nSPS) is 10.6. The summed E-state index contributed by atoms with van der Waals surface area (Å²) < 4.78 is 19.3. The molecule has 0 aliphatic heterocycles. The van der Waals surface area contributed by atoms with E-state index < -0.39 is 0 Å². The molecular weight excluding hydrogens is 301 g/mol. The summed E-state index contributed by atoms with van der Waals surface area (Å²) in [5.74, 6) is 0.331. The second kappa shape index (κ2) is 5.41. The summed E-state index contributed by atoms with van der Waals surface area (Å²) in [6.45, 7) is 0.230. The van der Waals surface area contributed by atoms with Crippen molar-refractivity contribution >= 4 is 21.7 Å². The van der Waals surface area contributed by atoms with Crippen LogP contribution < -0.4 is 5.73 Å². The summed E-state index contributed by atoms with van der Waals surface area (Å²) in [4.78, 5) is 8.23. The highest BCUT2D eigenvalue weighted by Gasteiger charge is 2.11. The summed E-state index contributed by atoms with van der Waals surface area (Å²) in [6.07, 6.45) is 0. The van der Waals surface area contributed by atoms with Crippen LogP contribution in [0.3, 0.4) is 0 Å². The van der Waals surface area contributed by atoms with Crippen LogP contribution in [0.1, 0.15) is 5.82 Å². The SMILES string of the molecule is COCc1nc(N)cc(-c2cccc(Br)c2F)n1. The molecule has 0 spiro atoms. The van der Waals surface area contributed by atoms with E-state index in [4.69, 9.17) is 10.5 Å². The molecule has 2 rings (SSSR count). The molecule has 2 N–H and O–H groups in total. The predicted molar refractivity (Wildman–Crippen MR) is 70.3 cm³/mol. The highest BCUT2D eigenvalue weighted by Crippen LogP contribution is 2.27. The number of aromatic nitrogens is 2. The van der Waals surface area contributed by atoms with Crippen molar-refractivity contribution in [1.29, 1.82) is 0 Å². The third-order valence-electron chi connectivity index (χ3n) is 2.29. The minimum Gasteiger partial charge on any atom is -0.384 e. The molecule has 1 aromatic carbocycles.